The summed E-state index contributed by atoms with van der Waals surface area (Å²) in [6.07, 6.45) is 1.50. The quantitative estimate of drug-likeness (QED) is 0.586. The summed E-state index contributed by atoms with van der Waals surface area (Å²) in [6.45, 7) is 1.51. The number of nitro benzene ring substituents is 1. The van der Waals surface area contributed by atoms with E-state index in [1.54, 1.807) is 13.0 Å². The van der Waals surface area contributed by atoms with Crippen LogP contribution in [0.3, 0.4) is 0 Å². The van der Waals surface area contributed by atoms with Crippen molar-refractivity contribution in [3.05, 3.63) is 39.4 Å². The Hall–Kier alpha value is -1.88. The van der Waals surface area contributed by atoms with Crippen LogP contribution in [-0.4, -0.2) is 21.7 Å². The fraction of sp³-hybridized carbons (Fsp3) is 0.200. The number of para-hydroxylation sites is 1. The van der Waals surface area contributed by atoms with Crippen molar-refractivity contribution in [2.75, 3.05) is 6.61 Å². The first-order valence-electron chi connectivity index (χ1n) is 4.30. The molecule has 0 heterocycles. The van der Waals surface area contributed by atoms with Crippen molar-refractivity contribution < 1.29 is 15.1 Å². The third-order valence-electron chi connectivity index (χ3n) is 1.89. The third kappa shape index (κ3) is 2.54. The Kier molecular flexibility index (Phi) is 3.41. The Morgan fingerprint density at radius 1 is 1.60 bits per heavy atom. The summed E-state index contributed by atoms with van der Waals surface area (Å²) in [5.74, 6) is -0.379. The van der Waals surface area contributed by atoms with Gasteiger partial charge in [-0.05, 0) is 18.6 Å². The summed E-state index contributed by atoms with van der Waals surface area (Å²) in [5.41, 5.74) is 0.607. The van der Waals surface area contributed by atoms with E-state index in [9.17, 15) is 15.2 Å². The van der Waals surface area contributed by atoms with E-state index >= 15 is 0 Å². The van der Waals surface area contributed by atoms with Crippen LogP contribution in [0.2, 0.25) is 0 Å². The average Bonchev–Trinajstić information content (AvgIpc) is 2.20. The molecule has 0 aliphatic carbocycles. The molecule has 0 radical (unpaired) electrons. The van der Waals surface area contributed by atoms with E-state index in [0.29, 0.717) is 11.1 Å². The molecule has 0 saturated carbocycles. The zero-order valence-corrected chi connectivity index (χ0v) is 8.17. The standard InChI is InChI=1S/C10H11NO4/c1-7(6-12)5-8-3-2-4-9(10(8)13)11(14)15/h2-5,12-13H,6H2,1H3/b7-5+. The number of aliphatic hydroxyl groups excluding tert-OH is 1. The zero-order chi connectivity index (χ0) is 11.4. The Morgan fingerprint density at radius 3 is 2.80 bits per heavy atom. The summed E-state index contributed by atoms with van der Waals surface area (Å²) in [5, 5.41) is 28.8. The number of rotatable bonds is 3. The van der Waals surface area contributed by atoms with Gasteiger partial charge in [-0.25, -0.2) is 0 Å². The third-order valence-corrected chi connectivity index (χ3v) is 1.89. The van der Waals surface area contributed by atoms with Crippen LogP contribution >= 0.6 is 0 Å². The number of aromatic hydroxyl groups is 1. The number of phenolic OH excluding ortho intramolecular Hbond substituents is 1. The maximum Gasteiger partial charge on any atom is 0.311 e. The van der Waals surface area contributed by atoms with E-state index in [-0.39, 0.29) is 18.0 Å². The Bertz CT molecular complexity index is 412. The van der Waals surface area contributed by atoms with Crippen molar-refractivity contribution in [3.8, 4) is 5.75 Å². The molecule has 0 saturated heterocycles. The van der Waals surface area contributed by atoms with Gasteiger partial charge in [0.25, 0.3) is 0 Å². The largest absolute Gasteiger partial charge is 0.502 e. The average molecular weight is 209 g/mol. The van der Waals surface area contributed by atoms with Gasteiger partial charge in [0.05, 0.1) is 11.5 Å². The highest BCUT2D eigenvalue weighted by Crippen LogP contribution is 2.30. The lowest BCUT2D eigenvalue weighted by Gasteiger charge is -2.01. The van der Waals surface area contributed by atoms with Crippen LogP contribution in [0.5, 0.6) is 5.75 Å². The minimum absolute atomic E-state index is 0.151. The van der Waals surface area contributed by atoms with Gasteiger partial charge in [0, 0.05) is 11.6 Å². The molecule has 1 aromatic carbocycles. The molecule has 1 rings (SSSR count). The topological polar surface area (TPSA) is 83.6 Å². The van der Waals surface area contributed by atoms with E-state index in [4.69, 9.17) is 5.11 Å². The molecular weight excluding hydrogens is 198 g/mol. The van der Waals surface area contributed by atoms with Crippen LogP contribution in [0, 0.1) is 10.1 Å². The minimum Gasteiger partial charge on any atom is -0.502 e. The van der Waals surface area contributed by atoms with Gasteiger partial charge in [-0.3, -0.25) is 10.1 Å². The van der Waals surface area contributed by atoms with Crippen molar-refractivity contribution in [3.63, 3.8) is 0 Å². The molecule has 0 aliphatic rings. The van der Waals surface area contributed by atoms with Crippen molar-refractivity contribution in [1.29, 1.82) is 0 Å². The predicted octanol–water partition coefficient (Wildman–Crippen LogP) is 1.70. The summed E-state index contributed by atoms with van der Waals surface area (Å²) < 4.78 is 0. The van der Waals surface area contributed by atoms with E-state index < -0.39 is 4.92 Å². The molecule has 80 valence electrons. The fourth-order valence-corrected chi connectivity index (χ4v) is 1.12. The number of nitro groups is 1. The molecule has 0 aromatic heterocycles. The van der Waals surface area contributed by atoms with Crippen molar-refractivity contribution in [2.45, 2.75) is 6.92 Å². The zero-order valence-electron chi connectivity index (χ0n) is 8.17. The van der Waals surface area contributed by atoms with Crippen LogP contribution in [0.25, 0.3) is 6.08 Å². The summed E-state index contributed by atoms with van der Waals surface area (Å²) in [6, 6.07) is 4.25. The molecule has 0 atom stereocenters. The second-order valence-corrected chi connectivity index (χ2v) is 3.12. The lowest BCUT2D eigenvalue weighted by molar-refractivity contribution is -0.385. The van der Waals surface area contributed by atoms with Crippen LogP contribution in [0.15, 0.2) is 23.8 Å². The smallest absolute Gasteiger partial charge is 0.311 e. The van der Waals surface area contributed by atoms with Crippen LogP contribution < -0.4 is 0 Å². The monoisotopic (exact) mass is 209 g/mol. The van der Waals surface area contributed by atoms with Gasteiger partial charge in [-0.1, -0.05) is 12.1 Å². The first-order chi connectivity index (χ1) is 7.06. The van der Waals surface area contributed by atoms with Crippen molar-refractivity contribution in [1.82, 2.24) is 0 Å². The van der Waals surface area contributed by atoms with E-state index in [1.165, 1.54) is 18.2 Å². The van der Waals surface area contributed by atoms with Crippen molar-refractivity contribution in [2.24, 2.45) is 0 Å². The highest BCUT2D eigenvalue weighted by atomic mass is 16.6. The molecule has 1 aromatic rings. The summed E-state index contributed by atoms with van der Waals surface area (Å²) >= 11 is 0. The number of nitrogens with zero attached hydrogens (tertiary/aromatic N) is 1. The number of aliphatic hydroxyl groups is 1. The molecule has 0 bridgehead atoms. The first kappa shape index (κ1) is 11.2. The fourth-order valence-electron chi connectivity index (χ4n) is 1.12. The number of benzene rings is 1. The second kappa shape index (κ2) is 4.56. The molecule has 2 N–H and O–H groups in total. The van der Waals surface area contributed by atoms with Gasteiger partial charge >= 0.3 is 5.69 Å². The lowest BCUT2D eigenvalue weighted by Crippen LogP contribution is -1.90. The molecule has 5 nitrogen and oxygen atoms in total. The lowest BCUT2D eigenvalue weighted by atomic mass is 10.1. The Balaban J connectivity index is 3.21. The molecule has 15 heavy (non-hydrogen) atoms. The van der Waals surface area contributed by atoms with Crippen LogP contribution in [0.4, 0.5) is 5.69 Å². The highest BCUT2D eigenvalue weighted by Gasteiger charge is 2.14. The van der Waals surface area contributed by atoms with Crippen molar-refractivity contribution >= 4 is 11.8 Å². The molecule has 0 spiro atoms. The first-order valence-corrected chi connectivity index (χ1v) is 4.30. The molecular formula is C10H11NO4. The SMILES string of the molecule is C/C(=C\c1cccc([N+](=O)[O-])c1O)CO. The van der Waals surface area contributed by atoms with Gasteiger partial charge in [-0.15, -0.1) is 0 Å². The molecule has 5 heteroatoms. The molecule has 0 unspecified atom stereocenters. The summed E-state index contributed by atoms with van der Waals surface area (Å²) in [7, 11) is 0. The predicted molar refractivity (Wildman–Crippen MR) is 55.5 cm³/mol. The normalized spacial score (nSPS) is 11.5. The van der Waals surface area contributed by atoms with Gasteiger partial charge in [0.2, 0.25) is 5.75 Å². The number of hydrogen-bond acceptors (Lipinski definition) is 4. The molecule has 0 fully saturated rings. The van der Waals surface area contributed by atoms with Gasteiger partial charge in [-0.2, -0.15) is 0 Å². The molecule has 0 amide bonds. The van der Waals surface area contributed by atoms with Gasteiger partial charge in [0.1, 0.15) is 0 Å². The minimum atomic E-state index is -0.652. The summed E-state index contributed by atoms with van der Waals surface area (Å²) in [4.78, 5) is 9.85. The molecule has 0 aliphatic heterocycles. The highest BCUT2D eigenvalue weighted by molar-refractivity contribution is 5.65. The number of hydrogen-bond donors (Lipinski definition) is 2. The Morgan fingerprint density at radius 2 is 2.27 bits per heavy atom. The van der Waals surface area contributed by atoms with Crippen LogP contribution in [0.1, 0.15) is 12.5 Å². The van der Waals surface area contributed by atoms with Gasteiger partial charge < -0.3 is 10.2 Å². The maximum absolute atomic E-state index is 10.5. The van der Waals surface area contributed by atoms with E-state index in [2.05, 4.69) is 0 Å². The Labute approximate surface area is 86.4 Å². The second-order valence-electron chi connectivity index (χ2n) is 3.12. The van der Waals surface area contributed by atoms with Crippen LogP contribution in [-0.2, 0) is 0 Å². The van der Waals surface area contributed by atoms with Gasteiger partial charge in [0.15, 0.2) is 0 Å². The maximum atomic E-state index is 10.5. The number of phenols is 1. The van der Waals surface area contributed by atoms with E-state index in [1.807, 2.05) is 0 Å². The van der Waals surface area contributed by atoms with E-state index in [0.717, 1.165) is 0 Å².